The highest BCUT2D eigenvalue weighted by Gasteiger charge is 2.32. The van der Waals surface area contributed by atoms with Gasteiger partial charge in [0.05, 0.1) is 12.0 Å². The number of amides is 2. The maximum absolute atomic E-state index is 13.7. The number of carbonyl (C=O) groups excluding carboxylic acids is 3. The van der Waals surface area contributed by atoms with Gasteiger partial charge in [0.25, 0.3) is 0 Å². The smallest absolute Gasteiger partial charge is 0.426 e. The number of aromatic amines is 1. The molecule has 0 radical (unpaired) electrons. The van der Waals surface area contributed by atoms with Crippen molar-refractivity contribution in [2.75, 3.05) is 0 Å². The first-order valence-corrected chi connectivity index (χ1v) is 14.6. The van der Waals surface area contributed by atoms with E-state index in [1.165, 1.54) is 0 Å². The topological polar surface area (TPSA) is 132 Å². The van der Waals surface area contributed by atoms with Gasteiger partial charge in [-0.05, 0) is 60.6 Å². The molecule has 1 aliphatic rings. The molecular weight excluding hydrogens is 541 g/mol. The molecule has 4 aromatic rings. The van der Waals surface area contributed by atoms with E-state index in [1.54, 1.807) is 6.92 Å². The number of Topliss-reactive ketones (excluding diaryl/α,β-unsaturated/α-hetero) is 1. The van der Waals surface area contributed by atoms with Crippen LogP contribution in [0, 0.1) is 5.92 Å². The molecule has 0 saturated heterocycles. The number of nitrogens with one attached hydrogen (secondary N) is 3. The second kappa shape index (κ2) is 13.2. The van der Waals surface area contributed by atoms with Crippen LogP contribution < -0.4 is 10.6 Å². The van der Waals surface area contributed by atoms with E-state index in [2.05, 4.69) is 15.6 Å². The molecule has 3 aromatic carbocycles. The molecule has 0 unspecified atom stereocenters. The molecule has 0 spiro atoms. The van der Waals surface area contributed by atoms with Crippen LogP contribution in [0.1, 0.15) is 42.5 Å². The number of fused-ring (bicyclic) bond motifs is 2. The third kappa shape index (κ3) is 6.96. The number of aromatic nitrogens is 1. The predicted octanol–water partition coefficient (Wildman–Crippen LogP) is 3.56. The van der Waals surface area contributed by atoms with E-state index in [1.807, 2.05) is 92.0 Å². The van der Waals surface area contributed by atoms with Gasteiger partial charge >= 0.3 is 7.12 Å². The number of benzene rings is 3. The van der Waals surface area contributed by atoms with Gasteiger partial charge in [-0.1, -0.05) is 72.8 Å². The highest BCUT2D eigenvalue weighted by atomic mass is 16.4. The normalized spacial score (nSPS) is 14.6. The molecule has 8 nitrogen and oxygen atoms in total. The summed E-state index contributed by atoms with van der Waals surface area (Å²) in [5, 5.41) is 26.7. The second-order valence-electron chi connectivity index (χ2n) is 11.3. The van der Waals surface area contributed by atoms with Gasteiger partial charge in [-0.2, -0.15) is 0 Å². The van der Waals surface area contributed by atoms with Crippen molar-refractivity contribution in [2.45, 2.75) is 51.5 Å². The van der Waals surface area contributed by atoms with E-state index in [0.717, 1.165) is 38.7 Å². The fourth-order valence-corrected chi connectivity index (χ4v) is 5.78. The molecular formula is C34H36BN3O5. The molecule has 43 heavy (non-hydrogen) atoms. The zero-order valence-electron chi connectivity index (χ0n) is 24.3. The zero-order chi connectivity index (χ0) is 30.5. The van der Waals surface area contributed by atoms with Crippen molar-refractivity contribution >= 4 is 41.2 Å². The highest BCUT2D eigenvalue weighted by molar-refractivity contribution is 6.43. The quantitative estimate of drug-likeness (QED) is 0.164. The van der Waals surface area contributed by atoms with E-state index < -0.39 is 30.9 Å². The number of para-hydroxylation sites is 1. The van der Waals surface area contributed by atoms with E-state index in [4.69, 9.17) is 0 Å². The molecule has 2 amide bonds. The minimum Gasteiger partial charge on any atom is -0.426 e. The maximum Gasteiger partial charge on any atom is 0.475 e. The van der Waals surface area contributed by atoms with Crippen LogP contribution in [0.2, 0.25) is 0 Å². The van der Waals surface area contributed by atoms with Crippen LogP contribution in [-0.4, -0.2) is 51.7 Å². The highest BCUT2D eigenvalue weighted by Crippen LogP contribution is 2.32. The lowest BCUT2D eigenvalue weighted by Crippen LogP contribution is -2.50. The Bertz CT molecular complexity index is 1660. The Hall–Kier alpha value is -4.47. The molecule has 0 aliphatic heterocycles. The van der Waals surface area contributed by atoms with Crippen LogP contribution in [0.5, 0.6) is 0 Å². The SMILES string of the molecule is CC1=C(C(=O)N[C@H](C)C(=O)C[C@@H](Cc2c[nH]c3ccccc23)C(=O)N[C@@H](Cc2ccccc2)B(O)O)Cc2ccccc21. The second-order valence-corrected chi connectivity index (χ2v) is 11.3. The number of carbonyl (C=O) groups is 3. The zero-order valence-corrected chi connectivity index (χ0v) is 24.3. The Morgan fingerprint density at radius 2 is 1.60 bits per heavy atom. The average Bonchev–Trinajstić information content (AvgIpc) is 3.57. The number of hydrogen-bond acceptors (Lipinski definition) is 5. The van der Waals surface area contributed by atoms with Gasteiger partial charge in [0, 0.05) is 41.4 Å². The van der Waals surface area contributed by atoms with Crippen molar-refractivity contribution in [3.8, 4) is 0 Å². The summed E-state index contributed by atoms with van der Waals surface area (Å²) in [6.45, 7) is 3.55. The van der Waals surface area contributed by atoms with E-state index in [0.29, 0.717) is 12.0 Å². The fourth-order valence-electron chi connectivity index (χ4n) is 5.78. The minimum atomic E-state index is -1.79. The van der Waals surface area contributed by atoms with E-state index in [9.17, 15) is 24.4 Å². The van der Waals surface area contributed by atoms with Crippen LogP contribution in [0.4, 0.5) is 0 Å². The lowest BCUT2D eigenvalue weighted by molar-refractivity contribution is -0.131. The van der Waals surface area contributed by atoms with Gasteiger partial charge in [-0.25, -0.2) is 0 Å². The van der Waals surface area contributed by atoms with Gasteiger partial charge in [0.1, 0.15) is 0 Å². The van der Waals surface area contributed by atoms with Gasteiger partial charge in [0.2, 0.25) is 11.8 Å². The summed E-state index contributed by atoms with van der Waals surface area (Å²) in [6.07, 6.45) is 2.66. The molecule has 5 N–H and O–H groups in total. The molecule has 5 rings (SSSR count). The van der Waals surface area contributed by atoms with Crippen LogP contribution in [0.15, 0.2) is 90.6 Å². The molecule has 9 heteroatoms. The van der Waals surface area contributed by atoms with Crippen molar-refractivity contribution < 1.29 is 24.4 Å². The molecule has 1 aromatic heterocycles. The third-order valence-electron chi connectivity index (χ3n) is 8.29. The summed E-state index contributed by atoms with van der Waals surface area (Å²) in [4.78, 5) is 43.6. The number of allylic oxidation sites excluding steroid dienone is 1. The standard InChI is InChI=1S/C34H36BN3O5/c1-21-27-13-7-6-12-24(27)18-29(21)34(41)37-22(2)31(39)19-25(17-26-20-36-30-15-9-8-14-28(26)30)33(40)38-32(35(42)43)16-23-10-4-3-5-11-23/h3-15,20,22,25,32,36,42-43H,16-19H2,1-2H3,(H,37,41)(H,38,40)/t22-,25-,32+/m1/s1. The van der Waals surface area contributed by atoms with Crippen molar-refractivity contribution in [3.05, 3.63) is 113 Å². The number of ketones is 1. The largest absolute Gasteiger partial charge is 0.475 e. The first kappa shape index (κ1) is 30.0. The Labute approximate surface area is 251 Å². The molecule has 0 saturated carbocycles. The van der Waals surface area contributed by atoms with Gasteiger partial charge < -0.3 is 25.7 Å². The minimum absolute atomic E-state index is 0.134. The maximum atomic E-state index is 13.7. The molecule has 3 atom stereocenters. The number of hydrogen-bond donors (Lipinski definition) is 5. The van der Waals surface area contributed by atoms with Crippen molar-refractivity contribution in [1.82, 2.24) is 15.6 Å². The van der Waals surface area contributed by atoms with Crippen molar-refractivity contribution in [2.24, 2.45) is 5.92 Å². The predicted molar refractivity (Wildman–Crippen MR) is 168 cm³/mol. The number of H-pyrrole nitrogens is 1. The van der Waals surface area contributed by atoms with Crippen LogP contribution in [-0.2, 0) is 33.6 Å². The Morgan fingerprint density at radius 1 is 0.907 bits per heavy atom. The molecule has 1 aliphatic carbocycles. The summed E-state index contributed by atoms with van der Waals surface area (Å²) in [5.41, 5.74) is 6.27. The summed E-state index contributed by atoms with van der Waals surface area (Å²) < 4.78 is 0. The Balaban J connectivity index is 1.31. The van der Waals surface area contributed by atoms with Crippen molar-refractivity contribution in [1.29, 1.82) is 0 Å². The lowest BCUT2D eigenvalue weighted by Gasteiger charge is -2.23. The summed E-state index contributed by atoms with van der Waals surface area (Å²) in [5.74, 6) is -2.81. The van der Waals surface area contributed by atoms with Gasteiger partial charge in [-0.15, -0.1) is 0 Å². The molecule has 1 heterocycles. The van der Waals surface area contributed by atoms with E-state index >= 15 is 0 Å². The summed E-state index contributed by atoms with van der Waals surface area (Å²) in [7, 11) is -1.79. The monoisotopic (exact) mass is 577 g/mol. The average molecular weight is 577 g/mol. The van der Waals surface area contributed by atoms with Crippen LogP contribution in [0.25, 0.3) is 16.5 Å². The molecule has 220 valence electrons. The third-order valence-corrected chi connectivity index (χ3v) is 8.29. The molecule has 0 bridgehead atoms. The number of rotatable bonds is 12. The Kier molecular flexibility index (Phi) is 9.23. The van der Waals surface area contributed by atoms with Crippen LogP contribution in [0.3, 0.4) is 0 Å². The summed E-state index contributed by atoms with van der Waals surface area (Å²) in [6, 6.07) is 24.0. The van der Waals surface area contributed by atoms with E-state index in [-0.39, 0.29) is 31.0 Å². The fraction of sp³-hybridized carbons (Fsp3) is 0.265. The lowest BCUT2D eigenvalue weighted by atomic mass is 9.75. The van der Waals surface area contributed by atoms with Gasteiger partial charge in [-0.3, -0.25) is 14.4 Å². The van der Waals surface area contributed by atoms with Gasteiger partial charge in [0.15, 0.2) is 5.78 Å². The first-order chi connectivity index (χ1) is 20.7. The first-order valence-electron chi connectivity index (χ1n) is 14.6. The molecule has 0 fully saturated rings. The van der Waals surface area contributed by atoms with Crippen molar-refractivity contribution in [3.63, 3.8) is 0 Å². The summed E-state index contributed by atoms with van der Waals surface area (Å²) >= 11 is 0. The van der Waals surface area contributed by atoms with Crippen LogP contribution >= 0.6 is 0 Å². The Morgan fingerprint density at radius 3 is 2.35 bits per heavy atom.